The van der Waals surface area contributed by atoms with Gasteiger partial charge < -0.3 is 16.4 Å². The minimum absolute atomic E-state index is 0.190. The van der Waals surface area contributed by atoms with Gasteiger partial charge in [0.1, 0.15) is 4.33 Å². The molecule has 34 heavy (non-hydrogen) atoms. The fraction of sp³-hybridized carbons (Fsp3) is 0.167. The Morgan fingerprint density at radius 2 is 1.59 bits per heavy atom. The van der Waals surface area contributed by atoms with Crippen molar-refractivity contribution in [3.05, 3.63) is 86.4 Å². The number of nitrogen functional groups attached to an aromatic ring is 1. The highest BCUT2D eigenvalue weighted by Crippen LogP contribution is 2.65. The Morgan fingerprint density at radius 3 is 2.26 bits per heavy atom. The summed E-state index contributed by atoms with van der Waals surface area (Å²) < 4.78 is -1.31. The highest BCUT2D eigenvalue weighted by Gasteiger charge is 2.67. The van der Waals surface area contributed by atoms with Gasteiger partial charge in [-0.1, -0.05) is 40.9 Å². The molecule has 4 N–H and O–H groups in total. The average Bonchev–Trinajstić information content (AvgIpc) is 3.35. The molecule has 1 aliphatic carbocycles. The number of carbonyl (C=O) groups is 2. The van der Waals surface area contributed by atoms with Crippen LogP contribution in [-0.4, -0.2) is 16.1 Å². The summed E-state index contributed by atoms with van der Waals surface area (Å²) in [5.41, 5.74) is 9.02. The van der Waals surface area contributed by atoms with Gasteiger partial charge in [-0.25, -0.2) is 0 Å². The molecule has 0 spiro atoms. The number of amides is 2. The van der Waals surface area contributed by atoms with Crippen LogP contribution in [0.15, 0.2) is 54.6 Å². The van der Waals surface area contributed by atoms with Crippen LogP contribution in [0.3, 0.4) is 0 Å². The first kappa shape index (κ1) is 25.0. The van der Waals surface area contributed by atoms with Crippen molar-refractivity contribution in [2.24, 2.45) is 5.92 Å². The van der Waals surface area contributed by atoms with Gasteiger partial charge in [-0.2, -0.15) is 0 Å². The van der Waals surface area contributed by atoms with E-state index in [9.17, 15) is 9.59 Å². The lowest BCUT2D eigenvalue weighted by atomic mass is 10.1. The average molecular weight is 558 g/mol. The predicted molar refractivity (Wildman–Crippen MR) is 141 cm³/mol. The van der Waals surface area contributed by atoms with Crippen molar-refractivity contribution in [3.8, 4) is 0 Å². The highest BCUT2D eigenvalue weighted by atomic mass is 35.5. The zero-order chi connectivity index (χ0) is 24.8. The number of alkyl halides is 2. The van der Waals surface area contributed by atoms with Gasteiger partial charge in [0.25, 0.3) is 5.91 Å². The third-order valence-corrected chi connectivity index (χ3v) is 7.62. The first-order valence-electron chi connectivity index (χ1n) is 10.1. The molecule has 3 aromatic carbocycles. The predicted octanol–water partition coefficient (Wildman–Crippen LogP) is 7.32. The second-order valence-corrected chi connectivity index (χ2v) is 10.7. The van der Waals surface area contributed by atoms with Crippen molar-refractivity contribution >= 4 is 86.9 Å². The van der Waals surface area contributed by atoms with Crippen LogP contribution < -0.4 is 16.4 Å². The van der Waals surface area contributed by atoms with E-state index in [4.69, 9.17) is 63.7 Å². The van der Waals surface area contributed by atoms with Crippen LogP contribution in [0.25, 0.3) is 0 Å². The number of rotatable bonds is 5. The SMILES string of the molecule is Cc1cc(N)ccc1NC(=O)c1cc(NC(=O)C2[C@H](c3ccc(Cl)c(Cl)c3)C2(Cl)Cl)ccc1Cl. The standard InChI is InChI=1S/C24H18Cl5N3O2/c1-11-8-13(30)3-7-19(11)32-22(33)15-10-14(4-6-16(15)25)31-23(34)21-20(24(21,28)29)12-2-5-17(26)18(27)9-12/h2-10,20-21H,30H2,1H3,(H,31,34)(H,32,33)/t20-,21?/m0/s1. The fourth-order valence-corrected chi connectivity index (χ4v) is 5.13. The number of hydrogen-bond donors (Lipinski definition) is 3. The third-order valence-electron chi connectivity index (χ3n) is 5.62. The van der Waals surface area contributed by atoms with Crippen LogP contribution >= 0.6 is 58.0 Å². The molecule has 0 heterocycles. The number of carbonyl (C=O) groups excluding carboxylic acids is 2. The van der Waals surface area contributed by atoms with Crippen molar-refractivity contribution in [2.45, 2.75) is 17.2 Å². The molecule has 0 radical (unpaired) electrons. The molecule has 0 aliphatic heterocycles. The van der Waals surface area contributed by atoms with E-state index in [1.807, 2.05) is 6.92 Å². The van der Waals surface area contributed by atoms with E-state index < -0.39 is 28.0 Å². The molecule has 3 aromatic rings. The Kier molecular flexibility index (Phi) is 6.96. The minimum atomic E-state index is -1.31. The molecule has 1 saturated carbocycles. The van der Waals surface area contributed by atoms with Crippen LogP contribution in [0.1, 0.15) is 27.4 Å². The van der Waals surface area contributed by atoms with E-state index in [-0.39, 0.29) is 10.6 Å². The number of benzene rings is 3. The molecule has 10 heteroatoms. The molecule has 2 atom stereocenters. The fourth-order valence-electron chi connectivity index (χ4n) is 3.79. The van der Waals surface area contributed by atoms with Crippen molar-refractivity contribution in [3.63, 3.8) is 0 Å². The Hall–Kier alpha value is -2.15. The second-order valence-electron chi connectivity index (χ2n) is 8.02. The maximum Gasteiger partial charge on any atom is 0.257 e. The molecule has 0 aromatic heterocycles. The summed E-state index contributed by atoms with van der Waals surface area (Å²) in [6, 6.07) is 14.8. The van der Waals surface area contributed by atoms with Crippen LogP contribution in [-0.2, 0) is 4.79 Å². The van der Waals surface area contributed by atoms with Gasteiger partial charge in [0, 0.05) is 23.0 Å². The van der Waals surface area contributed by atoms with Gasteiger partial charge in [-0.3, -0.25) is 9.59 Å². The molecule has 1 unspecified atom stereocenters. The molecular formula is C24H18Cl5N3O2. The summed E-state index contributed by atoms with van der Waals surface area (Å²) in [6.45, 7) is 1.83. The molecule has 1 aliphatic rings. The lowest BCUT2D eigenvalue weighted by molar-refractivity contribution is -0.117. The van der Waals surface area contributed by atoms with Gasteiger partial charge >= 0.3 is 0 Å². The number of aryl methyl sites for hydroxylation is 1. The molecular weight excluding hydrogens is 540 g/mol. The van der Waals surface area contributed by atoms with Gasteiger partial charge in [-0.15, -0.1) is 23.2 Å². The topological polar surface area (TPSA) is 84.2 Å². The van der Waals surface area contributed by atoms with Crippen LogP contribution in [0.2, 0.25) is 15.1 Å². The Labute approximate surface area is 221 Å². The molecule has 1 fully saturated rings. The zero-order valence-corrected chi connectivity index (χ0v) is 21.4. The maximum absolute atomic E-state index is 13.0. The van der Waals surface area contributed by atoms with E-state index in [2.05, 4.69) is 10.6 Å². The van der Waals surface area contributed by atoms with Gasteiger partial charge in [0.2, 0.25) is 5.91 Å². The van der Waals surface area contributed by atoms with Crippen molar-refractivity contribution < 1.29 is 9.59 Å². The first-order valence-corrected chi connectivity index (χ1v) is 12.0. The van der Waals surface area contributed by atoms with Crippen LogP contribution in [0.4, 0.5) is 17.1 Å². The van der Waals surface area contributed by atoms with Gasteiger partial charge in [0.15, 0.2) is 0 Å². The van der Waals surface area contributed by atoms with E-state index >= 15 is 0 Å². The molecule has 0 saturated heterocycles. The van der Waals surface area contributed by atoms with Gasteiger partial charge in [-0.05, 0) is 66.6 Å². The van der Waals surface area contributed by atoms with Crippen LogP contribution in [0.5, 0.6) is 0 Å². The number of nitrogens with two attached hydrogens (primary N) is 1. The molecule has 2 amide bonds. The largest absolute Gasteiger partial charge is 0.399 e. The first-order chi connectivity index (χ1) is 16.0. The normalized spacial score (nSPS) is 18.3. The summed E-state index contributed by atoms with van der Waals surface area (Å²) in [5.74, 6) is -2.02. The van der Waals surface area contributed by atoms with Crippen molar-refractivity contribution in [1.82, 2.24) is 0 Å². The Balaban J connectivity index is 1.51. The van der Waals surface area contributed by atoms with Crippen molar-refractivity contribution in [1.29, 1.82) is 0 Å². The lowest BCUT2D eigenvalue weighted by Crippen LogP contribution is -2.18. The monoisotopic (exact) mass is 555 g/mol. The van der Waals surface area contributed by atoms with Crippen molar-refractivity contribution in [2.75, 3.05) is 16.4 Å². The van der Waals surface area contributed by atoms with Crippen LogP contribution in [0, 0.1) is 12.8 Å². The molecule has 0 bridgehead atoms. The summed E-state index contributed by atoms with van der Waals surface area (Å²) in [4.78, 5) is 25.8. The summed E-state index contributed by atoms with van der Waals surface area (Å²) >= 11 is 31.2. The minimum Gasteiger partial charge on any atom is -0.399 e. The number of hydrogen-bond acceptors (Lipinski definition) is 3. The van der Waals surface area contributed by atoms with E-state index in [1.54, 1.807) is 42.5 Å². The summed E-state index contributed by atoms with van der Waals surface area (Å²) in [6.07, 6.45) is 0. The molecule has 176 valence electrons. The number of nitrogens with one attached hydrogen (secondary N) is 2. The smallest absolute Gasteiger partial charge is 0.257 e. The van der Waals surface area contributed by atoms with Gasteiger partial charge in [0.05, 0.1) is 26.5 Å². The number of halogens is 5. The number of anilines is 3. The summed E-state index contributed by atoms with van der Waals surface area (Å²) in [7, 11) is 0. The zero-order valence-electron chi connectivity index (χ0n) is 17.6. The lowest BCUT2D eigenvalue weighted by Gasteiger charge is -2.12. The summed E-state index contributed by atoms with van der Waals surface area (Å²) in [5, 5.41) is 6.54. The highest BCUT2D eigenvalue weighted by molar-refractivity contribution is 6.53. The Morgan fingerprint density at radius 1 is 0.882 bits per heavy atom. The van der Waals surface area contributed by atoms with E-state index in [1.165, 1.54) is 12.1 Å². The second kappa shape index (κ2) is 9.48. The third kappa shape index (κ3) is 4.95. The van der Waals surface area contributed by atoms with E-state index in [0.717, 1.165) is 5.56 Å². The van der Waals surface area contributed by atoms with E-state index in [0.29, 0.717) is 32.7 Å². The quantitative estimate of drug-likeness (QED) is 0.227. The molecule has 5 nitrogen and oxygen atoms in total. The molecule has 4 rings (SSSR count). The maximum atomic E-state index is 13.0. The Bertz CT molecular complexity index is 1310.